The smallest absolute Gasteiger partial charge is 0.104 e. The molecule has 1 atom stereocenters. The van der Waals surface area contributed by atoms with Crippen LogP contribution in [-0.2, 0) is 7.05 Å². The minimum Gasteiger partial charge on any atom is -0.305 e. The highest BCUT2D eigenvalue weighted by atomic mass is 15.4. The van der Waals surface area contributed by atoms with E-state index in [4.69, 9.17) is 0 Å². The Bertz CT molecular complexity index is 472. The molecule has 90 valence electrons. The van der Waals surface area contributed by atoms with Gasteiger partial charge < -0.3 is 5.32 Å². The van der Waals surface area contributed by atoms with E-state index < -0.39 is 0 Å². The van der Waals surface area contributed by atoms with Gasteiger partial charge in [-0.1, -0.05) is 36.8 Å². The normalized spacial score (nSPS) is 12.6. The summed E-state index contributed by atoms with van der Waals surface area (Å²) in [5, 5.41) is 11.9. The first kappa shape index (κ1) is 11.8. The lowest BCUT2D eigenvalue weighted by Crippen LogP contribution is -2.22. The number of rotatable bonds is 4. The first-order chi connectivity index (χ1) is 8.20. The van der Waals surface area contributed by atoms with Crippen molar-refractivity contribution in [2.75, 3.05) is 6.54 Å². The fourth-order valence-electron chi connectivity index (χ4n) is 1.85. The monoisotopic (exact) mass is 230 g/mol. The van der Waals surface area contributed by atoms with E-state index in [-0.39, 0.29) is 6.04 Å². The molecule has 1 heterocycles. The van der Waals surface area contributed by atoms with Gasteiger partial charge in [0.05, 0.1) is 12.2 Å². The zero-order valence-electron chi connectivity index (χ0n) is 10.5. The Balaban J connectivity index is 2.31. The molecule has 4 nitrogen and oxygen atoms in total. The van der Waals surface area contributed by atoms with Crippen molar-refractivity contribution in [3.63, 3.8) is 0 Å². The van der Waals surface area contributed by atoms with Crippen LogP contribution in [0.2, 0.25) is 0 Å². The van der Waals surface area contributed by atoms with Crippen LogP contribution in [-0.4, -0.2) is 21.5 Å². The predicted molar refractivity (Wildman–Crippen MR) is 67.7 cm³/mol. The molecule has 17 heavy (non-hydrogen) atoms. The number of nitrogens with zero attached hydrogens (tertiary/aromatic N) is 3. The highest BCUT2D eigenvalue weighted by molar-refractivity contribution is 5.29. The van der Waals surface area contributed by atoms with Crippen molar-refractivity contribution in [2.45, 2.75) is 19.9 Å². The Morgan fingerprint density at radius 1 is 1.29 bits per heavy atom. The molecule has 1 unspecified atom stereocenters. The summed E-state index contributed by atoms with van der Waals surface area (Å²) in [5.41, 5.74) is 3.44. The Hall–Kier alpha value is -1.68. The van der Waals surface area contributed by atoms with E-state index in [1.807, 2.05) is 13.2 Å². The molecular formula is C13H18N4. The van der Waals surface area contributed by atoms with Crippen molar-refractivity contribution in [2.24, 2.45) is 7.05 Å². The third-order valence-electron chi connectivity index (χ3n) is 2.73. The second-order valence-corrected chi connectivity index (χ2v) is 4.16. The van der Waals surface area contributed by atoms with E-state index in [2.05, 4.69) is 53.6 Å². The van der Waals surface area contributed by atoms with E-state index in [1.54, 1.807) is 4.80 Å². The van der Waals surface area contributed by atoms with Gasteiger partial charge in [0.1, 0.15) is 5.69 Å². The molecule has 2 aromatic rings. The minimum absolute atomic E-state index is 0.120. The van der Waals surface area contributed by atoms with Gasteiger partial charge in [-0.05, 0) is 19.0 Å². The molecule has 0 radical (unpaired) electrons. The maximum atomic E-state index is 4.37. The lowest BCUT2D eigenvalue weighted by molar-refractivity contribution is 0.587. The maximum Gasteiger partial charge on any atom is 0.104 e. The van der Waals surface area contributed by atoms with Crippen LogP contribution in [0.1, 0.15) is 29.8 Å². The van der Waals surface area contributed by atoms with E-state index in [0.29, 0.717) is 0 Å². The molecule has 0 aliphatic heterocycles. The molecule has 0 amide bonds. The molecule has 1 aromatic carbocycles. The number of hydrogen-bond donors (Lipinski definition) is 1. The van der Waals surface area contributed by atoms with Crippen molar-refractivity contribution < 1.29 is 0 Å². The van der Waals surface area contributed by atoms with Crippen molar-refractivity contribution in [3.05, 3.63) is 47.3 Å². The molecule has 0 bridgehead atoms. The number of hydrogen-bond acceptors (Lipinski definition) is 3. The molecule has 2 rings (SSSR count). The van der Waals surface area contributed by atoms with Gasteiger partial charge in [0, 0.05) is 7.05 Å². The summed E-state index contributed by atoms with van der Waals surface area (Å²) in [5.74, 6) is 0. The third kappa shape index (κ3) is 2.71. The summed E-state index contributed by atoms with van der Waals surface area (Å²) in [7, 11) is 1.83. The molecule has 0 saturated carbocycles. The fourth-order valence-corrected chi connectivity index (χ4v) is 1.85. The molecule has 0 fully saturated rings. The first-order valence-corrected chi connectivity index (χ1v) is 5.87. The summed E-state index contributed by atoms with van der Waals surface area (Å²) in [6.45, 7) is 5.08. The Labute approximate surface area is 102 Å². The SMILES string of the molecule is CCNC(c1ccc(C)cc1)c1cnn(C)n1. The number of nitrogens with one attached hydrogen (secondary N) is 1. The van der Waals surface area contributed by atoms with Gasteiger partial charge >= 0.3 is 0 Å². The standard InChI is InChI=1S/C13H18N4/c1-4-14-13(12-9-15-17(3)16-12)11-7-5-10(2)6-8-11/h5-9,13-14H,4H2,1-3H3. The highest BCUT2D eigenvalue weighted by Gasteiger charge is 2.15. The summed E-state index contributed by atoms with van der Waals surface area (Å²) in [4.78, 5) is 1.59. The average molecular weight is 230 g/mol. The molecule has 4 heteroatoms. The van der Waals surface area contributed by atoms with Crippen LogP contribution in [0.3, 0.4) is 0 Å². The molecule has 0 aliphatic rings. The maximum absolute atomic E-state index is 4.37. The van der Waals surface area contributed by atoms with Gasteiger partial charge in [-0.3, -0.25) is 0 Å². The molecule has 0 aliphatic carbocycles. The number of aromatic nitrogens is 3. The second-order valence-electron chi connectivity index (χ2n) is 4.16. The Morgan fingerprint density at radius 3 is 2.53 bits per heavy atom. The van der Waals surface area contributed by atoms with Crippen molar-refractivity contribution in [1.82, 2.24) is 20.3 Å². The van der Waals surface area contributed by atoms with Crippen LogP contribution >= 0.6 is 0 Å². The minimum atomic E-state index is 0.120. The zero-order chi connectivity index (χ0) is 12.3. The zero-order valence-corrected chi connectivity index (χ0v) is 10.5. The van der Waals surface area contributed by atoms with Crippen LogP contribution in [0.4, 0.5) is 0 Å². The predicted octanol–water partition coefficient (Wildman–Crippen LogP) is 1.82. The van der Waals surface area contributed by atoms with Crippen LogP contribution in [0, 0.1) is 6.92 Å². The van der Waals surface area contributed by atoms with Gasteiger partial charge in [-0.2, -0.15) is 15.0 Å². The van der Waals surface area contributed by atoms with E-state index in [0.717, 1.165) is 12.2 Å². The molecular weight excluding hydrogens is 212 g/mol. The van der Waals surface area contributed by atoms with Gasteiger partial charge in [0.15, 0.2) is 0 Å². The highest BCUT2D eigenvalue weighted by Crippen LogP contribution is 2.19. The lowest BCUT2D eigenvalue weighted by Gasteiger charge is -2.15. The van der Waals surface area contributed by atoms with Crippen LogP contribution < -0.4 is 5.32 Å². The largest absolute Gasteiger partial charge is 0.305 e. The first-order valence-electron chi connectivity index (χ1n) is 5.87. The quantitative estimate of drug-likeness (QED) is 0.871. The van der Waals surface area contributed by atoms with E-state index >= 15 is 0 Å². The van der Waals surface area contributed by atoms with Crippen molar-refractivity contribution >= 4 is 0 Å². The Kier molecular flexibility index (Phi) is 3.54. The van der Waals surface area contributed by atoms with Gasteiger partial charge in [-0.15, -0.1) is 0 Å². The van der Waals surface area contributed by atoms with E-state index in [1.165, 1.54) is 11.1 Å². The van der Waals surface area contributed by atoms with Crippen LogP contribution in [0.25, 0.3) is 0 Å². The third-order valence-corrected chi connectivity index (χ3v) is 2.73. The van der Waals surface area contributed by atoms with Crippen LogP contribution in [0.15, 0.2) is 30.5 Å². The summed E-state index contributed by atoms with van der Waals surface area (Å²) < 4.78 is 0. The molecule has 1 N–H and O–H groups in total. The summed E-state index contributed by atoms with van der Waals surface area (Å²) in [6, 6.07) is 8.63. The number of benzene rings is 1. The Morgan fingerprint density at radius 2 is 2.00 bits per heavy atom. The van der Waals surface area contributed by atoms with Gasteiger partial charge in [0.2, 0.25) is 0 Å². The summed E-state index contributed by atoms with van der Waals surface area (Å²) >= 11 is 0. The van der Waals surface area contributed by atoms with Gasteiger partial charge in [-0.25, -0.2) is 0 Å². The van der Waals surface area contributed by atoms with Crippen molar-refractivity contribution in [1.29, 1.82) is 0 Å². The van der Waals surface area contributed by atoms with E-state index in [9.17, 15) is 0 Å². The second kappa shape index (κ2) is 5.10. The molecule has 0 saturated heterocycles. The van der Waals surface area contributed by atoms with Crippen LogP contribution in [0.5, 0.6) is 0 Å². The van der Waals surface area contributed by atoms with Crippen molar-refractivity contribution in [3.8, 4) is 0 Å². The molecule has 0 spiro atoms. The molecule has 1 aromatic heterocycles. The number of aryl methyl sites for hydroxylation is 2. The summed E-state index contributed by atoms with van der Waals surface area (Å²) in [6.07, 6.45) is 1.81. The topological polar surface area (TPSA) is 42.7 Å². The fraction of sp³-hybridized carbons (Fsp3) is 0.385. The lowest BCUT2D eigenvalue weighted by atomic mass is 10.0. The average Bonchev–Trinajstić information content (AvgIpc) is 2.74. The van der Waals surface area contributed by atoms with Gasteiger partial charge in [0.25, 0.3) is 0 Å².